The van der Waals surface area contributed by atoms with Crippen LogP contribution in [0.15, 0.2) is 35.4 Å². The second kappa shape index (κ2) is 6.27. The van der Waals surface area contributed by atoms with Crippen molar-refractivity contribution >= 4 is 5.69 Å². The first-order valence-electron chi connectivity index (χ1n) is 7.54. The summed E-state index contributed by atoms with van der Waals surface area (Å²) < 4.78 is 1.35. The van der Waals surface area contributed by atoms with Crippen LogP contribution in [0.4, 0.5) is 5.69 Å². The first kappa shape index (κ1) is 14.7. The van der Waals surface area contributed by atoms with Crippen LogP contribution in [0.25, 0.3) is 0 Å². The van der Waals surface area contributed by atoms with Gasteiger partial charge in [0, 0.05) is 52.0 Å². The molecule has 22 heavy (non-hydrogen) atoms. The van der Waals surface area contributed by atoms with E-state index in [0.29, 0.717) is 0 Å². The fourth-order valence-electron chi connectivity index (χ4n) is 2.69. The molecule has 6 nitrogen and oxygen atoms in total. The maximum Gasteiger partial charge on any atom is 0.268 e. The van der Waals surface area contributed by atoms with Crippen molar-refractivity contribution in [3.05, 3.63) is 52.2 Å². The maximum atomic E-state index is 11.7. The molecule has 2 aromatic rings. The van der Waals surface area contributed by atoms with Crippen molar-refractivity contribution in [3.8, 4) is 0 Å². The first-order chi connectivity index (χ1) is 10.6. The van der Waals surface area contributed by atoms with Gasteiger partial charge in [0.2, 0.25) is 0 Å². The average Bonchev–Trinajstić information content (AvgIpc) is 2.53. The van der Waals surface area contributed by atoms with Gasteiger partial charge in [0.15, 0.2) is 0 Å². The Morgan fingerprint density at radius 2 is 2.00 bits per heavy atom. The van der Waals surface area contributed by atoms with E-state index in [1.54, 1.807) is 19.3 Å². The molecule has 0 amide bonds. The summed E-state index contributed by atoms with van der Waals surface area (Å²) in [6, 6.07) is 5.73. The fraction of sp³-hybridized carbons (Fsp3) is 0.438. The molecule has 3 heterocycles. The van der Waals surface area contributed by atoms with Gasteiger partial charge in [-0.25, -0.2) is 4.68 Å². The number of aromatic nitrogens is 3. The highest BCUT2D eigenvalue weighted by Crippen LogP contribution is 2.15. The second-order valence-corrected chi connectivity index (χ2v) is 5.71. The van der Waals surface area contributed by atoms with E-state index in [1.165, 1.54) is 10.2 Å². The zero-order valence-corrected chi connectivity index (χ0v) is 13.1. The molecule has 0 spiro atoms. The minimum absolute atomic E-state index is 0.0657. The highest BCUT2D eigenvalue weighted by atomic mass is 16.1. The number of rotatable bonds is 3. The van der Waals surface area contributed by atoms with Crippen molar-refractivity contribution in [3.63, 3.8) is 0 Å². The summed E-state index contributed by atoms with van der Waals surface area (Å²) >= 11 is 0. The summed E-state index contributed by atoms with van der Waals surface area (Å²) in [5.74, 6) is 0. The van der Waals surface area contributed by atoms with Crippen LogP contribution in [0.3, 0.4) is 0 Å². The predicted molar refractivity (Wildman–Crippen MR) is 85.9 cm³/mol. The molecule has 0 bridgehead atoms. The van der Waals surface area contributed by atoms with E-state index in [9.17, 15) is 4.79 Å². The quantitative estimate of drug-likeness (QED) is 0.839. The van der Waals surface area contributed by atoms with Gasteiger partial charge in [-0.1, -0.05) is 6.07 Å². The van der Waals surface area contributed by atoms with Gasteiger partial charge in [-0.3, -0.25) is 14.7 Å². The summed E-state index contributed by atoms with van der Waals surface area (Å²) in [7, 11) is 1.67. The standard InChI is InChI=1S/C16H21N5O/c1-13-4-3-5-17-15(13)12-20-6-8-21(9-7-20)14-10-16(22)19(2)18-11-14/h3-5,10-11H,6-9,12H2,1-2H3. The summed E-state index contributed by atoms with van der Waals surface area (Å²) in [4.78, 5) is 20.8. The first-order valence-corrected chi connectivity index (χ1v) is 7.54. The molecule has 0 saturated carbocycles. The van der Waals surface area contributed by atoms with Crippen LogP contribution in [-0.2, 0) is 13.6 Å². The van der Waals surface area contributed by atoms with Gasteiger partial charge in [0.05, 0.1) is 17.6 Å². The fourth-order valence-corrected chi connectivity index (χ4v) is 2.69. The van der Waals surface area contributed by atoms with Crippen LogP contribution in [0.1, 0.15) is 11.3 Å². The van der Waals surface area contributed by atoms with Crippen LogP contribution < -0.4 is 10.5 Å². The van der Waals surface area contributed by atoms with Crippen LogP contribution in [0.2, 0.25) is 0 Å². The highest BCUT2D eigenvalue weighted by molar-refractivity contribution is 5.43. The molecule has 0 unspecified atom stereocenters. The lowest BCUT2D eigenvalue weighted by atomic mass is 10.2. The third-order valence-electron chi connectivity index (χ3n) is 4.18. The van der Waals surface area contributed by atoms with Crippen molar-refractivity contribution in [1.29, 1.82) is 0 Å². The lowest BCUT2D eigenvalue weighted by Crippen LogP contribution is -2.46. The monoisotopic (exact) mass is 299 g/mol. The average molecular weight is 299 g/mol. The Labute approximate surface area is 130 Å². The molecule has 0 atom stereocenters. The highest BCUT2D eigenvalue weighted by Gasteiger charge is 2.18. The molecule has 6 heteroatoms. The Morgan fingerprint density at radius 1 is 1.23 bits per heavy atom. The Morgan fingerprint density at radius 3 is 2.68 bits per heavy atom. The van der Waals surface area contributed by atoms with Gasteiger partial charge in [-0.15, -0.1) is 0 Å². The molecule has 0 N–H and O–H groups in total. The number of hydrogen-bond acceptors (Lipinski definition) is 5. The van der Waals surface area contributed by atoms with E-state index in [1.807, 2.05) is 12.3 Å². The minimum Gasteiger partial charge on any atom is -0.368 e. The number of pyridine rings is 1. The van der Waals surface area contributed by atoms with Gasteiger partial charge in [-0.2, -0.15) is 5.10 Å². The van der Waals surface area contributed by atoms with E-state index < -0.39 is 0 Å². The molecular formula is C16H21N5O. The van der Waals surface area contributed by atoms with Gasteiger partial charge in [0.1, 0.15) is 0 Å². The Hall–Kier alpha value is -2.21. The summed E-state index contributed by atoms with van der Waals surface area (Å²) in [5, 5.41) is 4.09. The molecule has 1 aliphatic heterocycles. The number of anilines is 1. The van der Waals surface area contributed by atoms with E-state index in [-0.39, 0.29) is 5.56 Å². The molecule has 0 aromatic carbocycles. The van der Waals surface area contributed by atoms with Crippen LogP contribution >= 0.6 is 0 Å². The van der Waals surface area contributed by atoms with Crippen molar-refractivity contribution in [2.75, 3.05) is 31.1 Å². The summed E-state index contributed by atoms with van der Waals surface area (Å²) in [6.45, 7) is 6.72. The van der Waals surface area contributed by atoms with Crippen LogP contribution in [0.5, 0.6) is 0 Å². The maximum absolute atomic E-state index is 11.7. The number of aryl methyl sites for hydroxylation is 2. The lowest BCUT2D eigenvalue weighted by molar-refractivity contribution is 0.246. The van der Waals surface area contributed by atoms with Crippen molar-refractivity contribution in [2.24, 2.45) is 7.05 Å². The summed E-state index contributed by atoms with van der Waals surface area (Å²) in [6.07, 6.45) is 3.62. The molecule has 2 aromatic heterocycles. The normalized spacial score (nSPS) is 16.0. The molecular weight excluding hydrogens is 278 g/mol. The van der Waals surface area contributed by atoms with Gasteiger partial charge >= 0.3 is 0 Å². The zero-order chi connectivity index (χ0) is 15.5. The number of hydrogen-bond donors (Lipinski definition) is 0. The number of piperazine rings is 1. The predicted octanol–water partition coefficient (Wildman–Crippen LogP) is 0.806. The van der Waals surface area contributed by atoms with Crippen LogP contribution in [0, 0.1) is 6.92 Å². The lowest BCUT2D eigenvalue weighted by Gasteiger charge is -2.35. The van der Waals surface area contributed by atoms with Crippen molar-refractivity contribution in [1.82, 2.24) is 19.7 Å². The largest absolute Gasteiger partial charge is 0.368 e. The molecule has 1 aliphatic rings. The van der Waals surface area contributed by atoms with Gasteiger partial charge < -0.3 is 4.90 Å². The Bertz CT molecular complexity index is 704. The van der Waals surface area contributed by atoms with E-state index >= 15 is 0 Å². The summed E-state index contributed by atoms with van der Waals surface area (Å²) in [5.41, 5.74) is 3.23. The minimum atomic E-state index is -0.0657. The molecule has 3 rings (SSSR count). The van der Waals surface area contributed by atoms with Crippen LogP contribution in [-0.4, -0.2) is 45.8 Å². The van der Waals surface area contributed by atoms with Gasteiger partial charge in [0.25, 0.3) is 5.56 Å². The molecule has 0 aliphatic carbocycles. The smallest absolute Gasteiger partial charge is 0.268 e. The molecule has 1 fully saturated rings. The molecule has 1 saturated heterocycles. The number of nitrogens with zero attached hydrogens (tertiary/aromatic N) is 5. The topological polar surface area (TPSA) is 54.3 Å². The molecule has 0 radical (unpaired) electrons. The van der Waals surface area contributed by atoms with E-state index in [4.69, 9.17) is 0 Å². The van der Waals surface area contributed by atoms with Gasteiger partial charge in [-0.05, 0) is 18.6 Å². The Kier molecular flexibility index (Phi) is 4.20. The Balaban J connectivity index is 1.61. The van der Waals surface area contributed by atoms with E-state index in [2.05, 4.69) is 32.9 Å². The second-order valence-electron chi connectivity index (χ2n) is 5.71. The third-order valence-corrected chi connectivity index (χ3v) is 4.18. The van der Waals surface area contributed by atoms with Crippen molar-refractivity contribution in [2.45, 2.75) is 13.5 Å². The SMILES string of the molecule is Cc1cccnc1CN1CCN(c2cnn(C)c(=O)c2)CC1. The zero-order valence-electron chi connectivity index (χ0n) is 13.1. The molecule has 116 valence electrons. The third kappa shape index (κ3) is 3.17. The van der Waals surface area contributed by atoms with E-state index in [0.717, 1.165) is 44.1 Å². The van der Waals surface area contributed by atoms with Crippen molar-refractivity contribution < 1.29 is 0 Å².